The molecule has 30 heavy (non-hydrogen) atoms. The topological polar surface area (TPSA) is 79.6 Å². The van der Waals surface area contributed by atoms with Gasteiger partial charge in [0, 0.05) is 31.7 Å². The molecule has 3 atom stereocenters. The van der Waals surface area contributed by atoms with Gasteiger partial charge in [-0.2, -0.15) is 5.10 Å². The third-order valence-electron chi connectivity index (χ3n) is 6.76. The molecule has 2 aliphatic rings. The van der Waals surface area contributed by atoms with E-state index in [1.807, 2.05) is 32.3 Å². The summed E-state index contributed by atoms with van der Waals surface area (Å²) < 4.78 is 7.02. The lowest BCUT2D eigenvalue weighted by Gasteiger charge is -2.52. The Morgan fingerprint density at radius 2 is 2.07 bits per heavy atom. The number of nitrogens with zero attached hydrogens (tertiary/aromatic N) is 3. The SMILES string of the molecule is COc1ccc([C@@H]2[C@H]3CCCC[C@@]3(O)CCN2CC(=O)Nc2cn(C)nc2C)cc1. The van der Waals surface area contributed by atoms with Gasteiger partial charge in [0.25, 0.3) is 0 Å². The Balaban J connectivity index is 1.57. The van der Waals surface area contributed by atoms with Crippen molar-refractivity contribution in [1.29, 1.82) is 0 Å². The van der Waals surface area contributed by atoms with Crippen molar-refractivity contribution in [3.8, 4) is 5.75 Å². The molecule has 1 amide bonds. The first-order chi connectivity index (χ1) is 14.4. The lowest BCUT2D eigenvalue weighted by molar-refractivity contribution is -0.135. The molecule has 1 saturated carbocycles. The molecule has 1 aliphatic carbocycles. The Kier molecular flexibility index (Phi) is 5.84. The molecule has 0 bridgehead atoms. The van der Waals surface area contributed by atoms with Gasteiger partial charge in [-0.05, 0) is 43.9 Å². The largest absolute Gasteiger partial charge is 0.497 e. The summed E-state index contributed by atoms with van der Waals surface area (Å²) in [6.45, 7) is 2.87. The lowest BCUT2D eigenvalue weighted by atomic mass is 9.66. The number of likely N-dealkylation sites (tertiary alicyclic amines) is 1. The van der Waals surface area contributed by atoms with Crippen molar-refractivity contribution >= 4 is 11.6 Å². The summed E-state index contributed by atoms with van der Waals surface area (Å²) in [5.41, 5.74) is 2.04. The Morgan fingerprint density at radius 3 is 2.73 bits per heavy atom. The van der Waals surface area contributed by atoms with E-state index in [9.17, 15) is 9.90 Å². The highest BCUT2D eigenvalue weighted by molar-refractivity contribution is 5.92. The fourth-order valence-corrected chi connectivity index (χ4v) is 5.26. The number of hydrogen-bond acceptors (Lipinski definition) is 5. The number of amides is 1. The average molecular weight is 413 g/mol. The van der Waals surface area contributed by atoms with E-state index in [2.05, 4.69) is 27.4 Å². The second-order valence-electron chi connectivity index (χ2n) is 8.74. The molecule has 2 fully saturated rings. The molecule has 1 aromatic heterocycles. The summed E-state index contributed by atoms with van der Waals surface area (Å²) in [5.74, 6) is 0.886. The van der Waals surface area contributed by atoms with E-state index >= 15 is 0 Å². The summed E-state index contributed by atoms with van der Waals surface area (Å²) >= 11 is 0. The zero-order chi connectivity index (χ0) is 21.3. The number of ether oxygens (including phenoxy) is 1. The number of fused-ring (bicyclic) bond motifs is 1. The molecule has 7 heteroatoms. The van der Waals surface area contributed by atoms with Crippen molar-refractivity contribution in [3.05, 3.63) is 41.7 Å². The van der Waals surface area contributed by atoms with Crippen molar-refractivity contribution in [1.82, 2.24) is 14.7 Å². The van der Waals surface area contributed by atoms with Crippen molar-refractivity contribution in [2.24, 2.45) is 13.0 Å². The number of methoxy groups -OCH3 is 1. The monoisotopic (exact) mass is 412 g/mol. The van der Waals surface area contributed by atoms with Gasteiger partial charge in [0.05, 0.1) is 30.6 Å². The van der Waals surface area contributed by atoms with Crippen LogP contribution in [-0.4, -0.2) is 51.5 Å². The number of piperidine rings is 1. The summed E-state index contributed by atoms with van der Waals surface area (Å²) in [5, 5.41) is 18.7. The van der Waals surface area contributed by atoms with Crippen LogP contribution in [0.4, 0.5) is 5.69 Å². The van der Waals surface area contributed by atoms with Crippen molar-refractivity contribution in [2.75, 3.05) is 25.5 Å². The highest BCUT2D eigenvalue weighted by atomic mass is 16.5. The third kappa shape index (κ3) is 4.09. The molecule has 4 rings (SSSR count). The third-order valence-corrected chi connectivity index (χ3v) is 6.76. The normalized spacial score (nSPS) is 26.8. The molecule has 2 aromatic rings. The second kappa shape index (κ2) is 8.40. The van der Waals surface area contributed by atoms with Crippen molar-refractivity contribution < 1.29 is 14.6 Å². The highest BCUT2D eigenvalue weighted by Gasteiger charge is 2.49. The van der Waals surface area contributed by atoms with E-state index in [1.54, 1.807) is 11.8 Å². The molecular weight excluding hydrogens is 380 g/mol. The van der Waals surface area contributed by atoms with Crippen LogP contribution in [0.5, 0.6) is 5.75 Å². The zero-order valence-electron chi connectivity index (χ0n) is 18.1. The van der Waals surface area contributed by atoms with Crippen LogP contribution in [0.25, 0.3) is 0 Å². The highest BCUT2D eigenvalue weighted by Crippen LogP contribution is 2.49. The Hall–Kier alpha value is -2.38. The smallest absolute Gasteiger partial charge is 0.238 e. The Labute approximate surface area is 178 Å². The predicted molar refractivity (Wildman–Crippen MR) is 115 cm³/mol. The maximum Gasteiger partial charge on any atom is 0.238 e. The maximum absolute atomic E-state index is 12.9. The lowest BCUT2D eigenvalue weighted by Crippen LogP contribution is -2.56. The molecule has 0 unspecified atom stereocenters. The summed E-state index contributed by atoms with van der Waals surface area (Å²) in [4.78, 5) is 15.1. The number of aromatic nitrogens is 2. The van der Waals surface area contributed by atoms with Gasteiger partial charge in [-0.15, -0.1) is 0 Å². The second-order valence-corrected chi connectivity index (χ2v) is 8.74. The number of carbonyl (C=O) groups excluding carboxylic acids is 1. The number of aliphatic hydroxyl groups is 1. The van der Waals surface area contributed by atoms with Crippen LogP contribution in [0, 0.1) is 12.8 Å². The predicted octanol–water partition coefficient (Wildman–Crippen LogP) is 3.04. The minimum atomic E-state index is -0.643. The van der Waals surface area contributed by atoms with Gasteiger partial charge < -0.3 is 15.2 Å². The van der Waals surface area contributed by atoms with Crippen LogP contribution < -0.4 is 10.1 Å². The number of rotatable bonds is 5. The number of benzene rings is 1. The summed E-state index contributed by atoms with van der Waals surface area (Å²) in [7, 11) is 3.50. The molecule has 2 heterocycles. The van der Waals surface area contributed by atoms with E-state index < -0.39 is 5.60 Å². The molecular formula is C23H32N4O3. The van der Waals surface area contributed by atoms with Gasteiger partial charge >= 0.3 is 0 Å². The van der Waals surface area contributed by atoms with Crippen molar-refractivity contribution in [2.45, 2.75) is 50.7 Å². The fraction of sp³-hybridized carbons (Fsp3) is 0.565. The molecule has 1 aromatic carbocycles. The van der Waals surface area contributed by atoms with Crippen LogP contribution in [0.15, 0.2) is 30.5 Å². The van der Waals surface area contributed by atoms with Crippen molar-refractivity contribution in [3.63, 3.8) is 0 Å². The molecule has 2 N–H and O–H groups in total. The van der Waals surface area contributed by atoms with Gasteiger partial charge in [0.15, 0.2) is 0 Å². The van der Waals surface area contributed by atoms with Gasteiger partial charge in [-0.25, -0.2) is 0 Å². The Morgan fingerprint density at radius 1 is 1.30 bits per heavy atom. The molecule has 0 spiro atoms. The average Bonchev–Trinajstić information content (AvgIpc) is 3.04. The van der Waals surface area contributed by atoms with E-state index in [0.29, 0.717) is 13.0 Å². The first kappa shape index (κ1) is 20.9. The van der Waals surface area contributed by atoms with Crippen LogP contribution >= 0.6 is 0 Å². The van der Waals surface area contributed by atoms with Crippen LogP contribution in [0.2, 0.25) is 0 Å². The fourth-order valence-electron chi connectivity index (χ4n) is 5.26. The zero-order valence-corrected chi connectivity index (χ0v) is 18.1. The van der Waals surface area contributed by atoms with Gasteiger partial charge in [0.2, 0.25) is 5.91 Å². The van der Waals surface area contributed by atoms with Crippen LogP contribution in [0.1, 0.15) is 49.4 Å². The number of nitrogens with one attached hydrogen (secondary N) is 1. The van der Waals surface area contributed by atoms with Gasteiger partial charge in [-0.3, -0.25) is 14.4 Å². The minimum absolute atomic E-state index is 0.00991. The van der Waals surface area contributed by atoms with Gasteiger partial charge in [-0.1, -0.05) is 25.0 Å². The first-order valence-corrected chi connectivity index (χ1v) is 10.8. The van der Waals surface area contributed by atoms with E-state index in [4.69, 9.17) is 4.74 Å². The molecule has 7 nitrogen and oxygen atoms in total. The van der Waals surface area contributed by atoms with Gasteiger partial charge in [0.1, 0.15) is 5.75 Å². The molecule has 1 saturated heterocycles. The van der Waals surface area contributed by atoms with Crippen LogP contribution in [0.3, 0.4) is 0 Å². The summed E-state index contributed by atoms with van der Waals surface area (Å²) in [6, 6.07) is 8.07. The molecule has 162 valence electrons. The maximum atomic E-state index is 12.9. The molecule has 0 radical (unpaired) electrons. The number of hydrogen-bond donors (Lipinski definition) is 2. The van der Waals surface area contributed by atoms with E-state index in [-0.39, 0.29) is 24.4 Å². The number of aryl methyl sites for hydroxylation is 2. The van der Waals surface area contributed by atoms with E-state index in [0.717, 1.165) is 48.4 Å². The molecule has 1 aliphatic heterocycles. The van der Waals surface area contributed by atoms with Crippen LogP contribution in [-0.2, 0) is 11.8 Å². The first-order valence-electron chi connectivity index (χ1n) is 10.8. The summed E-state index contributed by atoms with van der Waals surface area (Å²) in [6.07, 6.45) is 6.55. The number of anilines is 1. The standard InChI is InChI=1S/C23H32N4O3/c1-16-20(14-26(2)25-16)24-21(28)15-27-13-12-23(29)11-5-4-6-19(23)22(27)17-7-9-18(30-3)10-8-17/h7-10,14,19,22,29H,4-6,11-13,15H2,1-3H3,(H,24,28)/t19-,22-,23-/m1/s1. The van der Waals surface area contributed by atoms with E-state index in [1.165, 1.54) is 0 Å². The Bertz CT molecular complexity index is 894. The number of carbonyl (C=O) groups is 1. The minimum Gasteiger partial charge on any atom is -0.497 e. The quantitative estimate of drug-likeness (QED) is 0.789.